The third-order valence-corrected chi connectivity index (χ3v) is 3.21. The number of hydrogen-bond donors (Lipinski definition) is 1. The Balaban J connectivity index is 3.08. The summed E-state index contributed by atoms with van der Waals surface area (Å²) in [5.41, 5.74) is 1.99. The number of aliphatic carboxylic acids is 1. The van der Waals surface area contributed by atoms with E-state index in [1.54, 1.807) is 7.11 Å². The monoisotopic (exact) mass is 286 g/mol. The first kappa shape index (κ1) is 13.0. The van der Waals surface area contributed by atoms with E-state index in [1.807, 2.05) is 26.0 Å². The zero-order chi connectivity index (χ0) is 12.3. The average Bonchev–Trinajstić information content (AvgIpc) is 2.16. The molecular formula is C12H15BrO3. The Morgan fingerprint density at radius 3 is 2.69 bits per heavy atom. The van der Waals surface area contributed by atoms with Gasteiger partial charge in [0.05, 0.1) is 13.5 Å². The number of aryl methyl sites for hydroxylation is 1. The predicted molar refractivity (Wildman–Crippen MR) is 66.1 cm³/mol. The van der Waals surface area contributed by atoms with Gasteiger partial charge in [-0.2, -0.15) is 0 Å². The second kappa shape index (κ2) is 5.34. The number of hydrogen-bond acceptors (Lipinski definition) is 2. The largest absolute Gasteiger partial charge is 0.496 e. The first-order chi connectivity index (χ1) is 7.45. The van der Waals surface area contributed by atoms with Crippen LogP contribution in [0.2, 0.25) is 0 Å². The van der Waals surface area contributed by atoms with Crippen molar-refractivity contribution in [3.05, 3.63) is 27.7 Å². The Bertz CT molecular complexity index is 401. The quantitative estimate of drug-likeness (QED) is 0.923. The normalized spacial score (nSPS) is 12.2. The topological polar surface area (TPSA) is 46.5 Å². The van der Waals surface area contributed by atoms with Crippen LogP contribution in [0.15, 0.2) is 16.6 Å². The Labute approximate surface area is 104 Å². The van der Waals surface area contributed by atoms with E-state index in [2.05, 4.69) is 15.9 Å². The Hall–Kier alpha value is -1.03. The third-order valence-electron chi connectivity index (χ3n) is 2.53. The van der Waals surface area contributed by atoms with Gasteiger partial charge in [-0.05, 0) is 36.1 Å². The molecule has 0 bridgehead atoms. The molecule has 0 heterocycles. The molecule has 0 aromatic heterocycles. The van der Waals surface area contributed by atoms with E-state index in [1.165, 1.54) is 0 Å². The van der Waals surface area contributed by atoms with E-state index in [4.69, 9.17) is 9.84 Å². The molecule has 1 atom stereocenters. The summed E-state index contributed by atoms with van der Waals surface area (Å²) in [6.45, 7) is 3.85. The molecule has 0 aliphatic heterocycles. The number of carboxylic acids is 1. The van der Waals surface area contributed by atoms with Crippen LogP contribution in [0.25, 0.3) is 0 Å². The molecule has 1 N–H and O–H groups in total. The molecule has 3 nitrogen and oxygen atoms in total. The van der Waals surface area contributed by atoms with Crippen molar-refractivity contribution in [2.45, 2.75) is 26.2 Å². The van der Waals surface area contributed by atoms with Crippen molar-refractivity contribution in [1.82, 2.24) is 0 Å². The van der Waals surface area contributed by atoms with Gasteiger partial charge in [-0.3, -0.25) is 4.79 Å². The second-order valence-corrected chi connectivity index (χ2v) is 4.70. The van der Waals surface area contributed by atoms with Crippen LogP contribution in [0.1, 0.15) is 30.4 Å². The number of methoxy groups -OCH3 is 1. The summed E-state index contributed by atoms with van der Waals surface area (Å²) >= 11 is 3.45. The van der Waals surface area contributed by atoms with E-state index in [0.29, 0.717) is 0 Å². The summed E-state index contributed by atoms with van der Waals surface area (Å²) < 4.78 is 6.16. The molecule has 0 aliphatic carbocycles. The van der Waals surface area contributed by atoms with Gasteiger partial charge in [0.15, 0.2) is 0 Å². The van der Waals surface area contributed by atoms with Gasteiger partial charge in [0, 0.05) is 4.47 Å². The highest BCUT2D eigenvalue weighted by Gasteiger charge is 2.15. The van der Waals surface area contributed by atoms with Crippen molar-refractivity contribution < 1.29 is 14.6 Å². The van der Waals surface area contributed by atoms with Crippen LogP contribution in [0.4, 0.5) is 0 Å². The van der Waals surface area contributed by atoms with Crippen molar-refractivity contribution in [2.75, 3.05) is 7.11 Å². The predicted octanol–water partition coefficient (Wildman–Crippen LogP) is 3.34. The van der Waals surface area contributed by atoms with Gasteiger partial charge in [-0.15, -0.1) is 0 Å². The fraction of sp³-hybridized carbons (Fsp3) is 0.417. The van der Waals surface area contributed by atoms with Gasteiger partial charge in [-0.1, -0.05) is 22.9 Å². The van der Waals surface area contributed by atoms with Gasteiger partial charge in [0.25, 0.3) is 0 Å². The van der Waals surface area contributed by atoms with Crippen molar-refractivity contribution in [3.63, 3.8) is 0 Å². The van der Waals surface area contributed by atoms with Crippen LogP contribution < -0.4 is 4.74 Å². The van der Waals surface area contributed by atoms with Crippen LogP contribution >= 0.6 is 15.9 Å². The second-order valence-electron chi connectivity index (χ2n) is 3.84. The minimum Gasteiger partial charge on any atom is -0.496 e. The lowest BCUT2D eigenvalue weighted by atomic mass is 9.96. The molecule has 0 fully saturated rings. The highest BCUT2D eigenvalue weighted by molar-refractivity contribution is 9.10. The molecule has 88 valence electrons. The molecule has 1 aromatic carbocycles. The van der Waals surface area contributed by atoms with E-state index < -0.39 is 5.97 Å². The van der Waals surface area contributed by atoms with E-state index >= 15 is 0 Å². The van der Waals surface area contributed by atoms with Gasteiger partial charge in [0.1, 0.15) is 5.75 Å². The molecule has 0 saturated heterocycles. The molecule has 0 amide bonds. The molecule has 0 saturated carbocycles. The van der Waals surface area contributed by atoms with Gasteiger partial charge < -0.3 is 9.84 Å². The summed E-state index contributed by atoms with van der Waals surface area (Å²) in [5, 5.41) is 8.77. The van der Waals surface area contributed by atoms with Crippen molar-refractivity contribution in [3.8, 4) is 5.75 Å². The molecule has 0 aliphatic rings. The lowest BCUT2D eigenvalue weighted by Crippen LogP contribution is -2.04. The molecule has 1 unspecified atom stereocenters. The smallest absolute Gasteiger partial charge is 0.303 e. The maximum absolute atomic E-state index is 10.7. The first-order valence-corrected chi connectivity index (χ1v) is 5.80. The highest BCUT2D eigenvalue weighted by Crippen LogP contribution is 2.33. The number of carboxylic acid groups (broad SMARTS) is 1. The number of ether oxygens (including phenoxy) is 1. The molecular weight excluding hydrogens is 272 g/mol. The zero-order valence-electron chi connectivity index (χ0n) is 9.58. The lowest BCUT2D eigenvalue weighted by Gasteiger charge is -2.14. The Morgan fingerprint density at radius 2 is 2.19 bits per heavy atom. The van der Waals surface area contributed by atoms with Crippen molar-refractivity contribution in [2.24, 2.45) is 0 Å². The summed E-state index contributed by atoms with van der Waals surface area (Å²) in [6.07, 6.45) is 0.116. The average molecular weight is 287 g/mol. The van der Waals surface area contributed by atoms with Crippen molar-refractivity contribution >= 4 is 21.9 Å². The highest BCUT2D eigenvalue weighted by atomic mass is 79.9. The van der Waals surface area contributed by atoms with Crippen LogP contribution in [0.5, 0.6) is 5.75 Å². The molecule has 0 spiro atoms. The fourth-order valence-corrected chi connectivity index (χ4v) is 2.49. The standard InChI is InChI=1S/C12H15BrO3/c1-7(5-12(14)15)9-6-11(16-3)8(2)4-10(9)13/h4,6-7H,5H2,1-3H3,(H,14,15). The summed E-state index contributed by atoms with van der Waals surface area (Å²) in [7, 11) is 1.61. The summed E-state index contributed by atoms with van der Waals surface area (Å²) in [6, 6.07) is 3.85. The van der Waals surface area contributed by atoms with Crippen molar-refractivity contribution in [1.29, 1.82) is 0 Å². The van der Waals surface area contributed by atoms with Gasteiger partial charge in [0.2, 0.25) is 0 Å². The molecule has 0 radical (unpaired) electrons. The minimum atomic E-state index is -0.793. The molecule has 16 heavy (non-hydrogen) atoms. The number of halogens is 1. The Kier molecular flexibility index (Phi) is 4.35. The molecule has 1 rings (SSSR count). The first-order valence-electron chi connectivity index (χ1n) is 5.01. The minimum absolute atomic E-state index is 0.0404. The van der Waals surface area contributed by atoms with Gasteiger partial charge in [-0.25, -0.2) is 0 Å². The van der Waals surface area contributed by atoms with E-state index in [9.17, 15) is 4.79 Å². The molecule has 1 aromatic rings. The lowest BCUT2D eigenvalue weighted by molar-refractivity contribution is -0.137. The summed E-state index contributed by atoms with van der Waals surface area (Å²) in [5.74, 6) is -0.0456. The summed E-state index contributed by atoms with van der Waals surface area (Å²) in [4.78, 5) is 10.7. The maximum atomic E-state index is 10.7. The maximum Gasteiger partial charge on any atom is 0.303 e. The van der Waals surface area contributed by atoms with Gasteiger partial charge >= 0.3 is 5.97 Å². The fourth-order valence-electron chi connectivity index (χ4n) is 1.64. The van der Waals surface area contributed by atoms with Crippen LogP contribution in [0, 0.1) is 6.92 Å². The molecule has 4 heteroatoms. The van der Waals surface area contributed by atoms with E-state index in [0.717, 1.165) is 21.3 Å². The SMILES string of the molecule is COc1cc(C(C)CC(=O)O)c(Br)cc1C. The van der Waals surface area contributed by atoms with Crippen LogP contribution in [-0.4, -0.2) is 18.2 Å². The third kappa shape index (κ3) is 2.98. The van der Waals surface area contributed by atoms with Crippen LogP contribution in [-0.2, 0) is 4.79 Å². The zero-order valence-corrected chi connectivity index (χ0v) is 11.2. The number of benzene rings is 1. The van der Waals surface area contributed by atoms with Crippen LogP contribution in [0.3, 0.4) is 0 Å². The number of rotatable bonds is 4. The van der Waals surface area contributed by atoms with E-state index in [-0.39, 0.29) is 12.3 Å². The number of carbonyl (C=O) groups is 1. The Morgan fingerprint density at radius 1 is 1.56 bits per heavy atom.